The van der Waals surface area contributed by atoms with Crippen molar-refractivity contribution in [3.05, 3.63) is 23.8 Å². The number of halogens is 1. The molecule has 1 aromatic rings. The molecule has 0 atom stereocenters. The van der Waals surface area contributed by atoms with Crippen LogP contribution in [0.5, 0.6) is 0 Å². The normalized spacial score (nSPS) is 12.6. The SMILES string of the molecule is O=S(=O)(O)c1cc(CNI)cc(S(=O)(=O)O)c1. The Kier molecular flexibility index (Phi) is 4.49. The maximum Gasteiger partial charge on any atom is 0.294 e. The van der Waals surface area contributed by atoms with Crippen molar-refractivity contribution >= 4 is 43.1 Å². The maximum absolute atomic E-state index is 10.9. The third kappa shape index (κ3) is 4.15. The van der Waals surface area contributed by atoms with Crippen LogP contribution in [0.4, 0.5) is 0 Å². The van der Waals surface area contributed by atoms with Crippen molar-refractivity contribution in [2.45, 2.75) is 16.3 Å². The van der Waals surface area contributed by atoms with Gasteiger partial charge < -0.3 is 0 Å². The van der Waals surface area contributed by atoms with Crippen LogP contribution >= 0.6 is 22.9 Å². The highest BCUT2D eigenvalue weighted by Gasteiger charge is 2.17. The highest BCUT2D eigenvalue weighted by molar-refractivity contribution is 14.1. The Hall–Kier alpha value is -0.270. The maximum atomic E-state index is 10.9. The number of benzene rings is 1. The molecule has 0 aromatic heterocycles. The Morgan fingerprint density at radius 2 is 1.41 bits per heavy atom. The molecular formula is C7H8INO6S2. The number of hydrogen-bond acceptors (Lipinski definition) is 5. The van der Waals surface area contributed by atoms with Crippen LogP contribution in [-0.2, 0) is 26.8 Å². The minimum Gasteiger partial charge on any atom is -0.282 e. The first-order valence-corrected chi connectivity index (χ1v) is 8.03. The van der Waals surface area contributed by atoms with Crippen LogP contribution in [-0.4, -0.2) is 25.9 Å². The molecule has 0 aliphatic carbocycles. The highest BCUT2D eigenvalue weighted by atomic mass is 127. The van der Waals surface area contributed by atoms with Gasteiger partial charge in [-0.05, 0) is 23.8 Å². The fourth-order valence-electron chi connectivity index (χ4n) is 1.11. The zero-order valence-corrected chi connectivity index (χ0v) is 12.0. The Bertz CT molecular complexity index is 574. The lowest BCUT2D eigenvalue weighted by atomic mass is 10.2. The summed E-state index contributed by atoms with van der Waals surface area (Å²) in [4.78, 5) is -1.18. The van der Waals surface area contributed by atoms with E-state index in [1.54, 1.807) is 22.9 Å². The van der Waals surface area contributed by atoms with Crippen molar-refractivity contribution in [1.82, 2.24) is 3.53 Å². The first-order valence-electron chi connectivity index (χ1n) is 4.07. The van der Waals surface area contributed by atoms with E-state index >= 15 is 0 Å². The molecule has 0 saturated heterocycles. The van der Waals surface area contributed by atoms with E-state index in [9.17, 15) is 16.8 Å². The molecule has 0 radical (unpaired) electrons. The highest BCUT2D eigenvalue weighted by Crippen LogP contribution is 2.19. The molecule has 0 aliphatic rings. The first-order chi connectivity index (χ1) is 7.64. The van der Waals surface area contributed by atoms with Crippen molar-refractivity contribution in [2.24, 2.45) is 0 Å². The summed E-state index contributed by atoms with van der Waals surface area (Å²) < 4.78 is 64.1. The lowest BCUT2D eigenvalue weighted by molar-refractivity contribution is 0.480. The van der Waals surface area contributed by atoms with Crippen molar-refractivity contribution < 1.29 is 25.9 Å². The second-order valence-corrected chi connectivity index (χ2v) is 6.68. The van der Waals surface area contributed by atoms with Gasteiger partial charge in [0, 0.05) is 29.4 Å². The average Bonchev–Trinajstić information content (AvgIpc) is 2.15. The first kappa shape index (κ1) is 14.8. The Labute approximate surface area is 112 Å². The molecule has 0 fully saturated rings. The van der Waals surface area contributed by atoms with Crippen molar-refractivity contribution in [3.63, 3.8) is 0 Å². The van der Waals surface area contributed by atoms with Crippen LogP contribution in [0, 0.1) is 0 Å². The summed E-state index contributed by atoms with van der Waals surface area (Å²) in [5, 5.41) is 0. The second kappa shape index (κ2) is 5.16. The molecule has 0 spiro atoms. The molecule has 0 aliphatic heterocycles. The van der Waals surface area contributed by atoms with Crippen molar-refractivity contribution in [1.29, 1.82) is 0 Å². The van der Waals surface area contributed by atoms with E-state index in [0.29, 0.717) is 11.6 Å². The van der Waals surface area contributed by atoms with Gasteiger partial charge in [0.25, 0.3) is 20.2 Å². The lowest BCUT2D eigenvalue weighted by Gasteiger charge is -2.05. The monoisotopic (exact) mass is 393 g/mol. The molecular weight excluding hydrogens is 385 g/mol. The van der Waals surface area contributed by atoms with Gasteiger partial charge in [-0.1, -0.05) is 0 Å². The summed E-state index contributed by atoms with van der Waals surface area (Å²) in [7, 11) is -9.06. The van der Waals surface area contributed by atoms with Gasteiger partial charge in [0.1, 0.15) is 0 Å². The van der Waals surface area contributed by atoms with Crippen LogP contribution in [0.1, 0.15) is 5.56 Å². The largest absolute Gasteiger partial charge is 0.294 e. The summed E-state index contributed by atoms with van der Waals surface area (Å²) in [5.41, 5.74) is 0.294. The van der Waals surface area contributed by atoms with Crippen LogP contribution < -0.4 is 3.53 Å². The molecule has 0 saturated carbocycles. The van der Waals surface area contributed by atoms with E-state index in [2.05, 4.69) is 3.53 Å². The van der Waals surface area contributed by atoms with Gasteiger partial charge >= 0.3 is 0 Å². The molecule has 96 valence electrons. The predicted octanol–water partition coefficient (Wildman–Crippen LogP) is 0.620. The van der Waals surface area contributed by atoms with E-state index < -0.39 is 30.0 Å². The molecule has 0 amide bonds. The van der Waals surface area contributed by atoms with Crippen LogP contribution in [0.3, 0.4) is 0 Å². The third-order valence-corrected chi connectivity index (χ3v) is 3.85. The fraction of sp³-hybridized carbons (Fsp3) is 0.143. The number of hydrogen-bond donors (Lipinski definition) is 3. The minimum absolute atomic E-state index is 0.173. The van der Waals surface area contributed by atoms with E-state index in [4.69, 9.17) is 9.11 Å². The Morgan fingerprint density at radius 3 is 1.71 bits per heavy atom. The zero-order valence-electron chi connectivity index (χ0n) is 8.16. The number of nitrogens with one attached hydrogen (secondary N) is 1. The third-order valence-electron chi connectivity index (χ3n) is 1.81. The number of rotatable bonds is 4. The van der Waals surface area contributed by atoms with Gasteiger partial charge in [0.15, 0.2) is 0 Å². The second-order valence-electron chi connectivity index (χ2n) is 3.07. The lowest BCUT2D eigenvalue weighted by Crippen LogP contribution is -2.07. The molecule has 0 heterocycles. The van der Waals surface area contributed by atoms with Gasteiger partial charge in [0.2, 0.25) is 0 Å². The topological polar surface area (TPSA) is 121 Å². The van der Waals surface area contributed by atoms with Crippen molar-refractivity contribution in [2.75, 3.05) is 0 Å². The van der Waals surface area contributed by atoms with Crippen LogP contribution in [0.2, 0.25) is 0 Å². The van der Waals surface area contributed by atoms with Crippen LogP contribution in [0.15, 0.2) is 28.0 Å². The summed E-state index contributed by atoms with van der Waals surface area (Å²) in [6.45, 7) is 0.173. The summed E-state index contributed by atoms with van der Waals surface area (Å²) in [6.07, 6.45) is 0. The fourth-order valence-corrected chi connectivity index (χ4v) is 2.78. The molecule has 7 nitrogen and oxygen atoms in total. The van der Waals surface area contributed by atoms with Crippen molar-refractivity contribution in [3.8, 4) is 0 Å². The molecule has 3 N–H and O–H groups in total. The van der Waals surface area contributed by atoms with Gasteiger partial charge in [-0.15, -0.1) is 0 Å². The summed E-state index contributed by atoms with van der Waals surface area (Å²) in [5.74, 6) is 0. The van der Waals surface area contributed by atoms with E-state index in [1.807, 2.05) is 0 Å². The van der Waals surface area contributed by atoms with E-state index in [1.165, 1.54) is 0 Å². The van der Waals surface area contributed by atoms with Gasteiger partial charge in [-0.3, -0.25) is 12.6 Å². The van der Waals surface area contributed by atoms with Crippen LogP contribution in [0.25, 0.3) is 0 Å². The quantitative estimate of drug-likeness (QED) is 0.390. The summed E-state index contributed by atoms with van der Waals surface area (Å²) >= 11 is 1.78. The Morgan fingerprint density at radius 1 is 1.00 bits per heavy atom. The standard InChI is InChI=1S/C7H8INO6S2/c8-9-4-5-1-6(16(10,11)12)3-7(2-5)17(13,14)15/h1-3,9H,4H2,(H,10,11,12)(H,13,14,15). The molecule has 0 bridgehead atoms. The smallest absolute Gasteiger partial charge is 0.282 e. The van der Waals surface area contributed by atoms with E-state index in [-0.39, 0.29) is 6.54 Å². The molecule has 1 aromatic carbocycles. The minimum atomic E-state index is -4.53. The van der Waals surface area contributed by atoms with E-state index in [0.717, 1.165) is 12.1 Å². The Balaban J connectivity index is 3.50. The van der Waals surface area contributed by atoms with Gasteiger partial charge in [-0.25, -0.2) is 0 Å². The molecule has 1 rings (SSSR count). The molecule has 17 heavy (non-hydrogen) atoms. The molecule has 0 unspecified atom stereocenters. The predicted molar refractivity (Wildman–Crippen MR) is 66.9 cm³/mol. The summed E-state index contributed by atoms with van der Waals surface area (Å²) in [6, 6.07) is 2.90. The van der Waals surface area contributed by atoms with Gasteiger partial charge in [-0.2, -0.15) is 16.8 Å². The molecule has 10 heteroatoms. The zero-order chi connectivity index (χ0) is 13.3. The average molecular weight is 393 g/mol. The van der Waals surface area contributed by atoms with Gasteiger partial charge in [0.05, 0.1) is 9.79 Å².